The van der Waals surface area contributed by atoms with Crippen LogP contribution in [0.25, 0.3) is 0 Å². The molecular formula is C18H29N5S. The molecule has 0 spiro atoms. The van der Waals surface area contributed by atoms with Crippen LogP contribution in [0, 0.1) is 5.92 Å². The number of hydrogen-bond acceptors (Lipinski definition) is 5. The van der Waals surface area contributed by atoms with Gasteiger partial charge in [0.25, 0.3) is 0 Å². The lowest BCUT2D eigenvalue weighted by atomic mass is 9.98. The first-order chi connectivity index (χ1) is 11.3. The van der Waals surface area contributed by atoms with Crippen molar-refractivity contribution in [2.75, 3.05) is 6.54 Å². The zero-order chi connectivity index (χ0) is 17.3. The third-order valence-corrected chi connectivity index (χ3v) is 5.94. The molecule has 0 unspecified atom stereocenters. The topological polar surface area (TPSA) is 55.6 Å². The molecule has 3 rings (SSSR count). The van der Waals surface area contributed by atoms with Crippen molar-refractivity contribution in [3.63, 3.8) is 0 Å². The fourth-order valence-corrected chi connectivity index (χ4v) is 4.08. The second kappa shape index (κ2) is 6.92. The van der Waals surface area contributed by atoms with Crippen LogP contribution < -0.4 is 5.32 Å². The minimum Gasteiger partial charge on any atom is -0.314 e. The average Bonchev–Trinajstić information content (AvgIpc) is 3.12. The molecule has 0 radical (unpaired) electrons. The molecule has 5 nitrogen and oxygen atoms in total. The normalized spacial score (nSPS) is 18.2. The molecule has 0 fully saturated rings. The lowest BCUT2D eigenvalue weighted by Gasteiger charge is -2.25. The monoisotopic (exact) mass is 347 g/mol. The standard InChI is InChI=1S/C18H29N5S/c1-12(2)16-22-21-15-7-6-13(11-23(15)16)8-19-9-14-10-20-17(24-14)18(3,4)5/h10,12-13,19H,6-9,11H2,1-5H3/t13-/m1/s1. The SMILES string of the molecule is CC(C)c1nnc2n1C[C@@H](CNCc1cnc(C(C)(C)C)s1)CC2. The minimum absolute atomic E-state index is 0.143. The van der Waals surface area contributed by atoms with Crippen molar-refractivity contribution in [1.29, 1.82) is 0 Å². The Kier molecular flexibility index (Phi) is 5.06. The van der Waals surface area contributed by atoms with Gasteiger partial charge in [-0.3, -0.25) is 0 Å². The largest absolute Gasteiger partial charge is 0.314 e. The van der Waals surface area contributed by atoms with Gasteiger partial charge >= 0.3 is 0 Å². The first-order valence-corrected chi connectivity index (χ1v) is 9.74. The van der Waals surface area contributed by atoms with Crippen molar-refractivity contribution in [3.05, 3.63) is 27.7 Å². The average molecular weight is 348 g/mol. The van der Waals surface area contributed by atoms with E-state index >= 15 is 0 Å². The summed E-state index contributed by atoms with van der Waals surface area (Å²) in [7, 11) is 0. The van der Waals surface area contributed by atoms with Gasteiger partial charge in [-0.25, -0.2) is 4.98 Å². The zero-order valence-electron chi connectivity index (χ0n) is 15.5. The summed E-state index contributed by atoms with van der Waals surface area (Å²) in [6.07, 6.45) is 4.26. The molecule has 132 valence electrons. The summed E-state index contributed by atoms with van der Waals surface area (Å²) in [5.41, 5.74) is 0.143. The molecule has 0 bridgehead atoms. The van der Waals surface area contributed by atoms with Gasteiger partial charge in [0, 0.05) is 48.5 Å². The summed E-state index contributed by atoms with van der Waals surface area (Å²) in [4.78, 5) is 5.89. The number of thiazole rings is 1. The maximum absolute atomic E-state index is 4.56. The third kappa shape index (κ3) is 3.86. The highest BCUT2D eigenvalue weighted by molar-refractivity contribution is 7.11. The van der Waals surface area contributed by atoms with Crippen molar-refractivity contribution >= 4 is 11.3 Å². The van der Waals surface area contributed by atoms with Crippen molar-refractivity contribution in [3.8, 4) is 0 Å². The van der Waals surface area contributed by atoms with E-state index in [1.54, 1.807) is 0 Å². The van der Waals surface area contributed by atoms with Crippen LogP contribution in [0.4, 0.5) is 0 Å². The van der Waals surface area contributed by atoms with E-state index in [9.17, 15) is 0 Å². The van der Waals surface area contributed by atoms with Crippen LogP contribution in [-0.2, 0) is 24.9 Å². The highest BCUT2D eigenvalue weighted by Crippen LogP contribution is 2.27. The predicted molar refractivity (Wildman–Crippen MR) is 98.4 cm³/mol. The molecule has 3 heterocycles. The summed E-state index contributed by atoms with van der Waals surface area (Å²) >= 11 is 1.82. The smallest absolute Gasteiger partial charge is 0.135 e. The van der Waals surface area contributed by atoms with Gasteiger partial charge in [-0.15, -0.1) is 21.5 Å². The first kappa shape index (κ1) is 17.5. The third-order valence-electron chi connectivity index (χ3n) is 4.52. The van der Waals surface area contributed by atoms with Crippen LogP contribution in [-0.4, -0.2) is 26.3 Å². The molecular weight excluding hydrogens is 318 g/mol. The maximum atomic E-state index is 4.56. The van der Waals surface area contributed by atoms with Gasteiger partial charge in [0.15, 0.2) is 0 Å². The molecule has 1 atom stereocenters. The van der Waals surface area contributed by atoms with Crippen molar-refractivity contribution in [1.82, 2.24) is 25.1 Å². The van der Waals surface area contributed by atoms with E-state index in [-0.39, 0.29) is 5.41 Å². The highest BCUT2D eigenvalue weighted by atomic mass is 32.1. The number of fused-ring (bicyclic) bond motifs is 1. The zero-order valence-corrected chi connectivity index (χ0v) is 16.3. The Bertz CT molecular complexity index is 680. The molecule has 0 aromatic carbocycles. The maximum Gasteiger partial charge on any atom is 0.135 e. The fourth-order valence-electron chi connectivity index (χ4n) is 3.14. The highest BCUT2D eigenvalue weighted by Gasteiger charge is 2.24. The van der Waals surface area contributed by atoms with Gasteiger partial charge in [0.05, 0.1) is 5.01 Å². The van der Waals surface area contributed by atoms with E-state index in [0.29, 0.717) is 11.8 Å². The van der Waals surface area contributed by atoms with Crippen molar-refractivity contribution in [2.24, 2.45) is 5.92 Å². The Morgan fingerprint density at radius 2 is 2.12 bits per heavy atom. The lowest BCUT2D eigenvalue weighted by molar-refractivity contribution is 0.340. The predicted octanol–water partition coefficient (Wildman–Crippen LogP) is 3.51. The number of nitrogens with zero attached hydrogens (tertiary/aromatic N) is 4. The number of aromatic nitrogens is 4. The van der Waals surface area contributed by atoms with Crippen LogP contribution >= 0.6 is 11.3 Å². The van der Waals surface area contributed by atoms with Crippen molar-refractivity contribution < 1.29 is 0 Å². The van der Waals surface area contributed by atoms with E-state index in [2.05, 4.69) is 59.7 Å². The summed E-state index contributed by atoms with van der Waals surface area (Å²) in [6.45, 7) is 14.0. The summed E-state index contributed by atoms with van der Waals surface area (Å²) in [6, 6.07) is 0. The Balaban J connectivity index is 1.53. The second-order valence-corrected chi connectivity index (χ2v) is 9.27. The number of hydrogen-bond donors (Lipinski definition) is 1. The number of nitrogens with one attached hydrogen (secondary N) is 1. The van der Waals surface area contributed by atoms with Gasteiger partial charge in [-0.2, -0.15) is 0 Å². The van der Waals surface area contributed by atoms with E-state index < -0.39 is 0 Å². The Morgan fingerprint density at radius 1 is 1.33 bits per heavy atom. The Morgan fingerprint density at radius 3 is 2.79 bits per heavy atom. The molecule has 1 aliphatic heterocycles. The first-order valence-electron chi connectivity index (χ1n) is 8.92. The van der Waals surface area contributed by atoms with E-state index in [1.807, 2.05) is 17.5 Å². The summed E-state index contributed by atoms with van der Waals surface area (Å²) in [5.74, 6) is 3.38. The lowest BCUT2D eigenvalue weighted by Crippen LogP contribution is -2.30. The fraction of sp³-hybridized carbons (Fsp3) is 0.722. The Hall–Kier alpha value is -1.27. The Labute approximate surface area is 148 Å². The summed E-state index contributed by atoms with van der Waals surface area (Å²) < 4.78 is 2.34. The van der Waals surface area contributed by atoms with Gasteiger partial charge < -0.3 is 9.88 Å². The molecule has 1 aliphatic rings. The van der Waals surface area contributed by atoms with E-state index in [0.717, 1.165) is 37.7 Å². The quantitative estimate of drug-likeness (QED) is 0.899. The van der Waals surface area contributed by atoms with Crippen LogP contribution in [0.3, 0.4) is 0 Å². The molecule has 0 aliphatic carbocycles. The van der Waals surface area contributed by atoms with Crippen LogP contribution in [0.5, 0.6) is 0 Å². The van der Waals surface area contributed by atoms with Crippen LogP contribution in [0.15, 0.2) is 6.20 Å². The molecule has 0 saturated heterocycles. The second-order valence-electron chi connectivity index (χ2n) is 8.16. The van der Waals surface area contributed by atoms with E-state index in [4.69, 9.17) is 0 Å². The molecule has 0 amide bonds. The molecule has 1 N–H and O–H groups in total. The number of aryl methyl sites for hydroxylation is 1. The molecule has 24 heavy (non-hydrogen) atoms. The van der Waals surface area contributed by atoms with Crippen LogP contribution in [0.1, 0.15) is 68.5 Å². The van der Waals surface area contributed by atoms with Gasteiger partial charge in [-0.05, 0) is 12.3 Å². The van der Waals surface area contributed by atoms with E-state index in [1.165, 1.54) is 16.3 Å². The summed E-state index contributed by atoms with van der Waals surface area (Å²) in [5, 5.41) is 13.6. The van der Waals surface area contributed by atoms with Gasteiger partial charge in [-0.1, -0.05) is 34.6 Å². The molecule has 2 aromatic rings. The minimum atomic E-state index is 0.143. The molecule has 0 saturated carbocycles. The van der Waals surface area contributed by atoms with Crippen LogP contribution in [0.2, 0.25) is 0 Å². The molecule has 2 aromatic heterocycles. The number of rotatable bonds is 5. The molecule has 6 heteroatoms. The van der Waals surface area contributed by atoms with Gasteiger partial charge in [0.2, 0.25) is 0 Å². The van der Waals surface area contributed by atoms with Crippen molar-refractivity contribution in [2.45, 2.75) is 71.9 Å². The van der Waals surface area contributed by atoms with Gasteiger partial charge in [0.1, 0.15) is 11.6 Å².